The smallest absolute Gasteiger partial charge is 0.293 e. The summed E-state index contributed by atoms with van der Waals surface area (Å²) in [4.78, 5) is 19.5. The highest BCUT2D eigenvalue weighted by Gasteiger charge is 2.56. The Bertz CT molecular complexity index is 947. The van der Waals surface area contributed by atoms with E-state index in [4.69, 9.17) is 9.47 Å². The van der Waals surface area contributed by atoms with Crippen molar-refractivity contribution >= 4 is 17.3 Å². The molecule has 2 atom stereocenters. The number of anilines is 2. The second kappa shape index (κ2) is 7.65. The number of para-hydroxylation sites is 2. The number of rotatable bonds is 3. The number of amides is 1. The first-order valence-corrected chi connectivity index (χ1v) is 10.5. The molecule has 5 rings (SSSR count). The van der Waals surface area contributed by atoms with Gasteiger partial charge in [-0.25, -0.2) is 4.39 Å². The van der Waals surface area contributed by atoms with Gasteiger partial charge in [0.15, 0.2) is 0 Å². The number of hydrogen-bond donors (Lipinski definition) is 0. The largest absolute Gasteiger partial charge is 0.367 e. The molecule has 0 radical (unpaired) electrons. The van der Waals surface area contributed by atoms with Gasteiger partial charge >= 0.3 is 0 Å². The van der Waals surface area contributed by atoms with E-state index in [0.717, 1.165) is 30.8 Å². The fourth-order valence-corrected chi connectivity index (χ4v) is 4.57. The highest BCUT2D eigenvalue weighted by atomic mass is 19.1. The van der Waals surface area contributed by atoms with Crippen molar-refractivity contribution in [1.82, 2.24) is 4.90 Å². The number of hydrogen-bond acceptors (Lipinski definition) is 5. The number of piperazine rings is 1. The molecule has 2 saturated heterocycles. The van der Waals surface area contributed by atoms with Gasteiger partial charge in [0, 0.05) is 31.7 Å². The average Bonchev–Trinajstić information content (AvgIpc) is 2.97. The summed E-state index contributed by atoms with van der Waals surface area (Å²) in [5.41, 5.74) is 2.26. The lowest BCUT2D eigenvalue weighted by Gasteiger charge is -2.39. The zero-order valence-electron chi connectivity index (χ0n) is 17.1. The van der Waals surface area contributed by atoms with Crippen LogP contribution in [0.2, 0.25) is 0 Å². The molecular weight excluding hydrogens is 385 g/mol. The molecule has 3 aliphatic rings. The topological polar surface area (TPSA) is 45.3 Å². The minimum atomic E-state index is -1.33. The second-order valence-electron chi connectivity index (χ2n) is 8.13. The zero-order chi connectivity index (χ0) is 20.7. The van der Waals surface area contributed by atoms with E-state index < -0.39 is 5.79 Å². The molecule has 158 valence electrons. The normalized spacial score (nSPS) is 27.0. The van der Waals surface area contributed by atoms with Crippen LogP contribution in [0, 0.1) is 5.82 Å². The number of ether oxygens (including phenoxy) is 2. The molecule has 3 aliphatic heterocycles. The molecule has 2 fully saturated rings. The molecule has 1 amide bonds. The van der Waals surface area contributed by atoms with Crippen LogP contribution >= 0.6 is 0 Å². The lowest BCUT2D eigenvalue weighted by Crippen LogP contribution is -2.54. The summed E-state index contributed by atoms with van der Waals surface area (Å²) < 4.78 is 26.2. The molecule has 6 nitrogen and oxygen atoms in total. The van der Waals surface area contributed by atoms with Crippen LogP contribution in [0.3, 0.4) is 0 Å². The molecule has 7 heteroatoms. The minimum Gasteiger partial charge on any atom is -0.367 e. The van der Waals surface area contributed by atoms with Crippen LogP contribution in [0.5, 0.6) is 0 Å². The van der Waals surface area contributed by atoms with Crippen LogP contribution in [0.4, 0.5) is 15.8 Å². The van der Waals surface area contributed by atoms with E-state index in [-0.39, 0.29) is 17.8 Å². The summed E-state index contributed by atoms with van der Waals surface area (Å²) >= 11 is 0. The Morgan fingerprint density at radius 3 is 2.47 bits per heavy atom. The molecule has 3 heterocycles. The van der Waals surface area contributed by atoms with Crippen molar-refractivity contribution in [3.63, 3.8) is 0 Å². The van der Waals surface area contributed by atoms with Gasteiger partial charge in [-0.2, -0.15) is 0 Å². The van der Waals surface area contributed by atoms with E-state index in [2.05, 4.69) is 9.80 Å². The third kappa shape index (κ3) is 3.17. The number of fused-ring (bicyclic) bond motifs is 2. The second-order valence-corrected chi connectivity index (χ2v) is 8.13. The van der Waals surface area contributed by atoms with Crippen molar-refractivity contribution < 1.29 is 18.7 Å². The van der Waals surface area contributed by atoms with Gasteiger partial charge in [-0.15, -0.1) is 0 Å². The van der Waals surface area contributed by atoms with Gasteiger partial charge in [0.2, 0.25) is 0 Å². The Balaban J connectivity index is 1.32. The summed E-state index contributed by atoms with van der Waals surface area (Å²) in [5, 5.41) is 0. The monoisotopic (exact) mass is 411 g/mol. The predicted octanol–water partition coefficient (Wildman–Crippen LogP) is 2.93. The maximum Gasteiger partial charge on any atom is 0.293 e. The van der Waals surface area contributed by atoms with Crippen molar-refractivity contribution in [2.45, 2.75) is 25.2 Å². The van der Waals surface area contributed by atoms with Crippen molar-refractivity contribution in [3.05, 3.63) is 59.9 Å². The molecule has 0 bridgehead atoms. The molecule has 0 saturated carbocycles. The van der Waals surface area contributed by atoms with Gasteiger partial charge in [0.25, 0.3) is 11.7 Å². The van der Waals surface area contributed by atoms with Crippen molar-refractivity contribution in [2.24, 2.45) is 0 Å². The highest BCUT2D eigenvalue weighted by molar-refractivity contribution is 6.06. The Kier molecular flexibility index (Phi) is 4.97. The van der Waals surface area contributed by atoms with Crippen LogP contribution in [0.15, 0.2) is 48.5 Å². The third-order valence-corrected chi connectivity index (χ3v) is 6.18. The average molecular weight is 411 g/mol. The van der Waals surface area contributed by atoms with Crippen LogP contribution in [0.1, 0.15) is 18.9 Å². The van der Waals surface area contributed by atoms with E-state index in [1.165, 1.54) is 6.07 Å². The molecule has 0 aromatic heterocycles. The molecule has 1 spiro atoms. The van der Waals surface area contributed by atoms with Crippen LogP contribution in [-0.2, 0) is 20.1 Å². The molecule has 2 aromatic rings. The lowest BCUT2D eigenvalue weighted by atomic mass is 10.1. The Morgan fingerprint density at radius 1 is 1.03 bits per heavy atom. The summed E-state index contributed by atoms with van der Waals surface area (Å²) in [7, 11) is 0. The molecule has 2 aromatic carbocycles. The summed E-state index contributed by atoms with van der Waals surface area (Å²) in [5.74, 6) is -1.69. The first kappa shape index (κ1) is 19.5. The fourth-order valence-electron chi connectivity index (χ4n) is 4.57. The van der Waals surface area contributed by atoms with Crippen LogP contribution in [0.25, 0.3) is 0 Å². The van der Waals surface area contributed by atoms with Gasteiger partial charge in [-0.1, -0.05) is 30.3 Å². The van der Waals surface area contributed by atoms with Gasteiger partial charge in [-0.3, -0.25) is 14.6 Å². The predicted molar refractivity (Wildman–Crippen MR) is 112 cm³/mol. The molecule has 0 N–H and O–H groups in total. The Hall–Kier alpha value is -2.48. The highest BCUT2D eigenvalue weighted by Crippen LogP contribution is 2.46. The lowest BCUT2D eigenvalue weighted by molar-refractivity contribution is -0.277. The van der Waals surface area contributed by atoms with Crippen LogP contribution in [-0.4, -0.2) is 56.4 Å². The molecule has 0 unspecified atom stereocenters. The van der Waals surface area contributed by atoms with E-state index in [0.29, 0.717) is 32.1 Å². The summed E-state index contributed by atoms with van der Waals surface area (Å²) in [6.07, 6.45) is 0.731. The standard InChI is InChI=1S/C23H26FN3O3/c1-17-10-15-29-23(30-17)18-6-2-4-8-20(18)27(22(23)28)16-25-11-13-26(14-12-25)21-9-5-3-7-19(21)24/h2-9,17H,10-16H2,1H3/t17-,23-/m0/s1. The maximum absolute atomic E-state index is 14.1. The molecular formula is C23H26FN3O3. The number of carbonyl (C=O) groups excluding carboxylic acids is 1. The van der Waals surface area contributed by atoms with E-state index in [1.54, 1.807) is 11.0 Å². The number of halogens is 1. The Morgan fingerprint density at radius 2 is 1.73 bits per heavy atom. The minimum absolute atomic E-state index is 0.0416. The van der Waals surface area contributed by atoms with Crippen molar-refractivity contribution in [2.75, 3.05) is 49.3 Å². The summed E-state index contributed by atoms with van der Waals surface area (Å²) in [6.45, 7) is 5.83. The third-order valence-electron chi connectivity index (χ3n) is 6.18. The fraction of sp³-hybridized carbons (Fsp3) is 0.435. The van der Waals surface area contributed by atoms with Crippen molar-refractivity contribution in [1.29, 1.82) is 0 Å². The molecule has 0 aliphatic carbocycles. The van der Waals surface area contributed by atoms with Gasteiger partial charge in [0.05, 0.1) is 30.8 Å². The number of nitrogens with zero attached hydrogens (tertiary/aromatic N) is 3. The quantitative estimate of drug-likeness (QED) is 0.777. The Labute approximate surface area is 175 Å². The number of benzene rings is 2. The first-order chi connectivity index (χ1) is 14.6. The van der Waals surface area contributed by atoms with E-state index in [9.17, 15) is 9.18 Å². The summed E-state index contributed by atoms with van der Waals surface area (Å²) in [6, 6.07) is 14.6. The SMILES string of the molecule is C[C@H]1CCO[C@@]2(O1)C(=O)N(CN1CCN(c3ccccc3F)CC1)c1ccccc12. The van der Waals surface area contributed by atoms with Gasteiger partial charge in [0.1, 0.15) is 5.82 Å². The zero-order valence-corrected chi connectivity index (χ0v) is 17.1. The van der Waals surface area contributed by atoms with Crippen LogP contribution < -0.4 is 9.80 Å². The van der Waals surface area contributed by atoms with Gasteiger partial charge in [-0.05, 0) is 31.5 Å². The number of carbonyl (C=O) groups is 1. The van der Waals surface area contributed by atoms with E-state index >= 15 is 0 Å². The molecule has 30 heavy (non-hydrogen) atoms. The van der Waals surface area contributed by atoms with Crippen molar-refractivity contribution in [3.8, 4) is 0 Å². The van der Waals surface area contributed by atoms with Gasteiger partial charge < -0.3 is 14.4 Å². The van der Waals surface area contributed by atoms with E-state index in [1.807, 2.05) is 43.3 Å². The maximum atomic E-state index is 14.1. The first-order valence-electron chi connectivity index (χ1n) is 10.5.